The number of hydrogen-bond acceptors (Lipinski definition) is 4. The highest BCUT2D eigenvalue weighted by atomic mass is 35.5. The van der Waals surface area contributed by atoms with E-state index < -0.39 is 0 Å². The molecule has 2 aromatic heterocycles. The van der Waals surface area contributed by atoms with Crippen molar-refractivity contribution in [1.29, 1.82) is 0 Å². The van der Waals surface area contributed by atoms with Crippen molar-refractivity contribution in [3.05, 3.63) is 53.3 Å². The molecule has 124 valence electrons. The molecule has 24 heavy (non-hydrogen) atoms. The fourth-order valence-corrected chi connectivity index (χ4v) is 2.58. The van der Waals surface area contributed by atoms with Gasteiger partial charge in [0.15, 0.2) is 5.82 Å². The van der Waals surface area contributed by atoms with Crippen molar-refractivity contribution in [2.45, 2.75) is 26.2 Å². The van der Waals surface area contributed by atoms with Crippen molar-refractivity contribution in [1.82, 2.24) is 9.38 Å². The molecule has 1 aromatic carbocycles. The van der Waals surface area contributed by atoms with Gasteiger partial charge in [0.2, 0.25) is 0 Å². The number of methoxy groups -OCH3 is 1. The van der Waals surface area contributed by atoms with E-state index in [1.54, 1.807) is 13.3 Å². The number of ether oxygens (including phenoxy) is 1. The molecule has 0 bridgehead atoms. The van der Waals surface area contributed by atoms with Crippen molar-refractivity contribution < 1.29 is 4.74 Å². The SMILES string of the molecule is COc1ccccc1N=Nc1c(C(C)(C)C)nc2ccc(Cl)cn12. The van der Waals surface area contributed by atoms with Crippen LogP contribution in [0.15, 0.2) is 52.8 Å². The van der Waals surface area contributed by atoms with E-state index in [9.17, 15) is 0 Å². The van der Waals surface area contributed by atoms with E-state index in [1.165, 1.54) is 0 Å². The monoisotopic (exact) mass is 342 g/mol. The molecule has 0 saturated carbocycles. The van der Waals surface area contributed by atoms with E-state index in [-0.39, 0.29) is 5.41 Å². The number of fused-ring (bicyclic) bond motifs is 1. The second-order valence-electron chi connectivity index (χ2n) is 6.48. The zero-order valence-electron chi connectivity index (χ0n) is 14.1. The number of halogens is 1. The van der Waals surface area contributed by atoms with Gasteiger partial charge in [0, 0.05) is 11.6 Å². The summed E-state index contributed by atoms with van der Waals surface area (Å²) in [5.74, 6) is 1.34. The molecule has 2 heterocycles. The van der Waals surface area contributed by atoms with Gasteiger partial charge in [-0.15, -0.1) is 10.2 Å². The summed E-state index contributed by atoms with van der Waals surface area (Å²) in [5, 5.41) is 9.46. The Morgan fingerprint density at radius 2 is 1.83 bits per heavy atom. The minimum Gasteiger partial charge on any atom is -0.494 e. The van der Waals surface area contributed by atoms with Crippen LogP contribution in [0.2, 0.25) is 5.02 Å². The highest BCUT2D eigenvalue weighted by Gasteiger charge is 2.24. The Bertz CT molecular complexity index is 909. The summed E-state index contributed by atoms with van der Waals surface area (Å²) < 4.78 is 7.18. The number of imidazole rings is 1. The first-order chi connectivity index (χ1) is 11.4. The molecule has 3 rings (SSSR count). The van der Waals surface area contributed by atoms with Crippen molar-refractivity contribution in [3.63, 3.8) is 0 Å². The van der Waals surface area contributed by atoms with Crippen LogP contribution in [0.1, 0.15) is 26.5 Å². The van der Waals surface area contributed by atoms with Crippen LogP contribution in [0.5, 0.6) is 5.75 Å². The number of azo groups is 1. The summed E-state index contributed by atoms with van der Waals surface area (Å²) in [5.41, 5.74) is 2.15. The first kappa shape index (κ1) is 16.5. The van der Waals surface area contributed by atoms with E-state index in [1.807, 2.05) is 40.8 Å². The van der Waals surface area contributed by atoms with Crippen molar-refractivity contribution in [3.8, 4) is 5.75 Å². The smallest absolute Gasteiger partial charge is 0.183 e. The van der Waals surface area contributed by atoms with Crippen molar-refractivity contribution >= 4 is 28.8 Å². The Kier molecular flexibility index (Phi) is 4.28. The first-order valence-electron chi connectivity index (χ1n) is 7.63. The maximum atomic E-state index is 6.14. The number of nitrogens with zero attached hydrogens (tertiary/aromatic N) is 4. The third kappa shape index (κ3) is 3.12. The number of rotatable bonds is 3. The molecule has 0 aliphatic heterocycles. The maximum Gasteiger partial charge on any atom is 0.183 e. The summed E-state index contributed by atoms with van der Waals surface area (Å²) in [7, 11) is 1.61. The van der Waals surface area contributed by atoms with E-state index in [2.05, 4.69) is 31.0 Å². The zero-order chi connectivity index (χ0) is 17.3. The largest absolute Gasteiger partial charge is 0.494 e. The molecule has 0 radical (unpaired) electrons. The second kappa shape index (κ2) is 6.24. The number of hydrogen-bond donors (Lipinski definition) is 0. The van der Waals surface area contributed by atoms with Crippen molar-refractivity contribution in [2.24, 2.45) is 10.2 Å². The Morgan fingerprint density at radius 1 is 1.08 bits per heavy atom. The fraction of sp³-hybridized carbons (Fsp3) is 0.278. The lowest BCUT2D eigenvalue weighted by molar-refractivity contribution is 0.416. The summed E-state index contributed by atoms with van der Waals surface area (Å²) in [6.07, 6.45) is 1.80. The molecule has 0 saturated heterocycles. The minimum atomic E-state index is -0.173. The molecule has 0 aliphatic rings. The van der Waals surface area contributed by atoms with E-state index in [0.29, 0.717) is 22.3 Å². The quantitative estimate of drug-likeness (QED) is 0.572. The van der Waals surface area contributed by atoms with Crippen LogP contribution < -0.4 is 4.74 Å². The van der Waals surface area contributed by atoms with Crippen LogP contribution in [0, 0.1) is 0 Å². The molecule has 0 atom stereocenters. The molecule has 0 amide bonds. The maximum absolute atomic E-state index is 6.14. The van der Waals surface area contributed by atoms with Gasteiger partial charge < -0.3 is 4.74 Å². The van der Waals surface area contributed by atoms with Gasteiger partial charge in [0.25, 0.3) is 0 Å². The average Bonchev–Trinajstić information content (AvgIpc) is 2.91. The fourth-order valence-electron chi connectivity index (χ4n) is 2.42. The highest BCUT2D eigenvalue weighted by Crippen LogP contribution is 2.35. The lowest BCUT2D eigenvalue weighted by atomic mass is 9.92. The summed E-state index contributed by atoms with van der Waals surface area (Å²) in [4.78, 5) is 4.70. The molecule has 0 fully saturated rings. The predicted octanol–water partition coefficient (Wildman–Crippen LogP) is 5.71. The average molecular weight is 343 g/mol. The lowest BCUT2D eigenvalue weighted by Crippen LogP contribution is -2.11. The van der Waals surface area contributed by atoms with Crippen LogP contribution in [-0.4, -0.2) is 16.5 Å². The molecule has 0 N–H and O–H groups in total. The number of pyridine rings is 1. The van der Waals surface area contributed by atoms with Crippen LogP contribution in [-0.2, 0) is 5.41 Å². The zero-order valence-corrected chi connectivity index (χ0v) is 14.9. The summed E-state index contributed by atoms with van der Waals surface area (Å²) >= 11 is 6.14. The van der Waals surface area contributed by atoms with Crippen LogP contribution in [0.4, 0.5) is 11.5 Å². The van der Waals surface area contributed by atoms with E-state index in [4.69, 9.17) is 21.3 Å². The molecule has 6 heteroatoms. The third-order valence-electron chi connectivity index (χ3n) is 3.61. The molecular weight excluding hydrogens is 324 g/mol. The standard InChI is InChI=1S/C18H19ClN4O/c1-18(2,3)16-17(23-11-12(19)9-10-15(23)20-16)22-21-13-7-5-6-8-14(13)24-4/h5-11H,1-4H3. The van der Waals surface area contributed by atoms with Gasteiger partial charge in [0.1, 0.15) is 17.1 Å². The predicted molar refractivity (Wildman–Crippen MR) is 96.1 cm³/mol. The second-order valence-corrected chi connectivity index (χ2v) is 6.92. The third-order valence-corrected chi connectivity index (χ3v) is 3.83. The normalized spacial score (nSPS) is 12.2. The Hall–Kier alpha value is -2.40. The highest BCUT2D eigenvalue weighted by molar-refractivity contribution is 6.30. The Balaban J connectivity index is 2.17. The Morgan fingerprint density at radius 3 is 2.54 bits per heavy atom. The molecule has 0 unspecified atom stereocenters. The molecule has 3 aromatic rings. The van der Waals surface area contributed by atoms with Gasteiger partial charge in [-0.3, -0.25) is 4.40 Å². The van der Waals surface area contributed by atoms with Gasteiger partial charge in [-0.05, 0) is 24.3 Å². The molecular formula is C18H19ClN4O. The van der Waals surface area contributed by atoms with Gasteiger partial charge in [0.05, 0.1) is 17.8 Å². The molecule has 0 spiro atoms. The van der Waals surface area contributed by atoms with E-state index in [0.717, 1.165) is 11.3 Å². The van der Waals surface area contributed by atoms with Crippen LogP contribution in [0.3, 0.4) is 0 Å². The molecule has 5 nitrogen and oxygen atoms in total. The number of para-hydroxylation sites is 1. The van der Waals surface area contributed by atoms with Crippen LogP contribution in [0.25, 0.3) is 5.65 Å². The summed E-state index contributed by atoms with van der Waals surface area (Å²) in [6.45, 7) is 6.29. The van der Waals surface area contributed by atoms with Gasteiger partial charge in [-0.25, -0.2) is 4.98 Å². The van der Waals surface area contributed by atoms with Gasteiger partial charge in [-0.2, -0.15) is 0 Å². The molecule has 0 aliphatic carbocycles. The van der Waals surface area contributed by atoms with Gasteiger partial charge >= 0.3 is 0 Å². The van der Waals surface area contributed by atoms with E-state index >= 15 is 0 Å². The topological polar surface area (TPSA) is 51.2 Å². The van der Waals surface area contributed by atoms with Crippen LogP contribution >= 0.6 is 11.6 Å². The lowest BCUT2D eigenvalue weighted by Gasteiger charge is -2.15. The minimum absolute atomic E-state index is 0.173. The Labute approximate surface area is 146 Å². The number of benzene rings is 1. The van der Waals surface area contributed by atoms with Gasteiger partial charge in [-0.1, -0.05) is 44.5 Å². The number of aromatic nitrogens is 2. The summed E-state index contributed by atoms with van der Waals surface area (Å²) in [6, 6.07) is 11.2. The first-order valence-corrected chi connectivity index (χ1v) is 8.01. The van der Waals surface area contributed by atoms with Crippen molar-refractivity contribution in [2.75, 3.05) is 7.11 Å².